The first-order chi connectivity index (χ1) is 12.3. The van der Waals surface area contributed by atoms with Gasteiger partial charge in [-0.3, -0.25) is 4.79 Å². The van der Waals surface area contributed by atoms with Gasteiger partial charge in [0.2, 0.25) is 0 Å². The zero-order valence-corrected chi connectivity index (χ0v) is 16.2. The van der Waals surface area contributed by atoms with E-state index in [2.05, 4.69) is 30.8 Å². The van der Waals surface area contributed by atoms with Crippen molar-refractivity contribution in [3.8, 4) is 0 Å². The molecule has 5 heteroatoms. The molecule has 2 rings (SSSR count). The lowest BCUT2D eigenvalue weighted by atomic mass is 9.66. The van der Waals surface area contributed by atoms with Gasteiger partial charge in [-0.15, -0.1) is 0 Å². The Labute approximate surface area is 156 Å². The number of amides is 1. The van der Waals surface area contributed by atoms with E-state index in [4.69, 9.17) is 0 Å². The van der Waals surface area contributed by atoms with Gasteiger partial charge in [-0.1, -0.05) is 39.3 Å². The van der Waals surface area contributed by atoms with Crippen LogP contribution in [0.25, 0.3) is 0 Å². The average molecular weight is 361 g/mol. The second-order valence-electron chi connectivity index (χ2n) is 7.86. The Kier molecular flexibility index (Phi) is 6.81. The number of benzene rings is 1. The SMILES string of the molecule is COC(=O)c1ccc(CCNC(=O)[C@]2(O)C[C@H](C)CC[C@H]2C(C)C)cc1. The highest BCUT2D eigenvalue weighted by Gasteiger charge is 2.48. The molecule has 3 atom stereocenters. The second-order valence-corrected chi connectivity index (χ2v) is 7.86. The molecule has 0 saturated heterocycles. The molecular weight excluding hydrogens is 330 g/mol. The monoisotopic (exact) mass is 361 g/mol. The van der Waals surface area contributed by atoms with Crippen molar-refractivity contribution in [1.82, 2.24) is 5.32 Å². The maximum absolute atomic E-state index is 12.7. The molecule has 0 radical (unpaired) electrons. The lowest BCUT2D eigenvalue weighted by molar-refractivity contribution is -0.155. The molecule has 1 fully saturated rings. The lowest BCUT2D eigenvalue weighted by Gasteiger charge is -2.43. The van der Waals surface area contributed by atoms with Crippen molar-refractivity contribution in [2.45, 2.75) is 52.1 Å². The van der Waals surface area contributed by atoms with Crippen molar-refractivity contribution in [1.29, 1.82) is 0 Å². The number of carbonyl (C=O) groups is 2. The molecular formula is C21H31NO4. The highest BCUT2D eigenvalue weighted by Crippen LogP contribution is 2.41. The Hall–Kier alpha value is -1.88. The Morgan fingerprint density at radius 2 is 1.92 bits per heavy atom. The standard InChI is InChI=1S/C21H31NO4/c1-14(2)18-10-5-15(3)13-21(18,25)20(24)22-12-11-16-6-8-17(9-7-16)19(23)26-4/h6-9,14-15,18,25H,5,10-13H2,1-4H3,(H,22,24)/t15-,18+,21+/m1/s1. The number of nitrogens with one attached hydrogen (secondary N) is 1. The van der Waals surface area contributed by atoms with E-state index in [0.717, 1.165) is 18.4 Å². The fraction of sp³-hybridized carbons (Fsp3) is 0.619. The molecule has 1 amide bonds. The minimum atomic E-state index is -1.28. The minimum absolute atomic E-state index is 0.00182. The van der Waals surface area contributed by atoms with Gasteiger partial charge >= 0.3 is 5.97 Å². The lowest BCUT2D eigenvalue weighted by Crippen LogP contribution is -2.56. The van der Waals surface area contributed by atoms with Gasteiger partial charge in [0.15, 0.2) is 0 Å². The van der Waals surface area contributed by atoms with E-state index in [1.54, 1.807) is 12.1 Å². The molecule has 26 heavy (non-hydrogen) atoms. The van der Waals surface area contributed by atoms with Crippen molar-refractivity contribution in [3.63, 3.8) is 0 Å². The number of hydrogen-bond acceptors (Lipinski definition) is 4. The summed E-state index contributed by atoms with van der Waals surface area (Å²) in [6.45, 7) is 6.69. The molecule has 1 saturated carbocycles. The maximum atomic E-state index is 12.7. The quantitative estimate of drug-likeness (QED) is 0.764. The van der Waals surface area contributed by atoms with Crippen molar-refractivity contribution < 1.29 is 19.4 Å². The van der Waals surface area contributed by atoms with Crippen molar-refractivity contribution in [2.24, 2.45) is 17.8 Å². The van der Waals surface area contributed by atoms with Crippen LogP contribution in [-0.2, 0) is 16.0 Å². The van der Waals surface area contributed by atoms with E-state index in [1.807, 2.05) is 12.1 Å². The van der Waals surface area contributed by atoms with Crippen LogP contribution >= 0.6 is 0 Å². The predicted octanol–water partition coefficient (Wildman–Crippen LogP) is 2.96. The summed E-state index contributed by atoms with van der Waals surface area (Å²) in [5, 5.41) is 14.0. The van der Waals surface area contributed by atoms with Gasteiger partial charge in [-0.05, 0) is 54.7 Å². The van der Waals surface area contributed by atoms with Crippen LogP contribution in [0.2, 0.25) is 0 Å². The summed E-state index contributed by atoms with van der Waals surface area (Å²) in [5.41, 5.74) is 0.244. The molecule has 2 N–H and O–H groups in total. The Morgan fingerprint density at radius 1 is 1.27 bits per heavy atom. The van der Waals surface area contributed by atoms with Crippen LogP contribution in [0.3, 0.4) is 0 Å². The van der Waals surface area contributed by atoms with E-state index in [1.165, 1.54) is 7.11 Å². The second kappa shape index (κ2) is 8.67. The Balaban J connectivity index is 1.93. The van der Waals surface area contributed by atoms with Crippen molar-refractivity contribution in [3.05, 3.63) is 35.4 Å². The van der Waals surface area contributed by atoms with E-state index >= 15 is 0 Å². The molecule has 0 aromatic heterocycles. The van der Waals surface area contributed by atoms with Gasteiger partial charge in [-0.25, -0.2) is 4.79 Å². The average Bonchev–Trinajstić information content (AvgIpc) is 2.61. The van der Waals surface area contributed by atoms with Crippen LogP contribution in [0.15, 0.2) is 24.3 Å². The normalized spacial score (nSPS) is 25.8. The molecule has 0 unspecified atom stereocenters. The molecule has 0 bridgehead atoms. The molecule has 1 aromatic carbocycles. The van der Waals surface area contributed by atoms with Gasteiger partial charge in [-0.2, -0.15) is 0 Å². The summed E-state index contributed by atoms with van der Waals surface area (Å²) >= 11 is 0. The van der Waals surface area contributed by atoms with Crippen LogP contribution in [0.1, 0.15) is 56.0 Å². The first-order valence-corrected chi connectivity index (χ1v) is 9.46. The molecule has 1 aromatic rings. The van der Waals surface area contributed by atoms with Crippen LogP contribution in [0.5, 0.6) is 0 Å². The minimum Gasteiger partial charge on any atom is -0.465 e. The van der Waals surface area contributed by atoms with Crippen LogP contribution in [0, 0.1) is 17.8 Å². The summed E-state index contributed by atoms with van der Waals surface area (Å²) in [6.07, 6.45) is 3.11. The molecule has 1 aliphatic rings. The summed E-state index contributed by atoms with van der Waals surface area (Å²) in [6, 6.07) is 7.14. The first-order valence-electron chi connectivity index (χ1n) is 9.46. The smallest absolute Gasteiger partial charge is 0.337 e. The maximum Gasteiger partial charge on any atom is 0.337 e. The van der Waals surface area contributed by atoms with Crippen LogP contribution in [0.4, 0.5) is 0 Å². The van der Waals surface area contributed by atoms with Gasteiger partial charge in [0.25, 0.3) is 5.91 Å². The third-order valence-electron chi connectivity index (χ3n) is 5.52. The summed E-state index contributed by atoms with van der Waals surface area (Å²) in [5.74, 6) is 0.000855. The molecule has 5 nitrogen and oxygen atoms in total. The third kappa shape index (κ3) is 4.64. The fourth-order valence-electron chi connectivity index (χ4n) is 4.03. The van der Waals surface area contributed by atoms with E-state index < -0.39 is 5.60 Å². The highest BCUT2D eigenvalue weighted by molar-refractivity contribution is 5.89. The molecule has 0 spiro atoms. The summed E-state index contributed by atoms with van der Waals surface area (Å²) in [7, 11) is 1.35. The van der Waals surface area contributed by atoms with Crippen molar-refractivity contribution >= 4 is 11.9 Å². The van der Waals surface area contributed by atoms with Crippen LogP contribution < -0.4 is 5.32 Å². The number of aliphatic hydroxyl groups is 1. The van der Waals surface area contributed by atoms with E-state index in [9.17, 15) is 14.7 Å². The van der Waals surface area contributed by atoms with E-state index in [-0.39, 0.29) is 23.7 Å². The number of ether oxygens (including phenoxy) is 1. The van der Waals surface area contributed by atoms with E-state index in [0.29, 0.717) is 30.9 Å². The third-order valence-corrected chi connectivity index (χ3v) is 5.52. The van der Waals surface area contributed by atoms with Crippen LogP contribution in [-0.4, -0.2) is 36.2 Å². The molecule has 144 valence electrons. The van der Waals surface area contributed by atoms with Crippen molar-refractivity contribution in [2.75, 3.05) is 13.7 Å². The molecule has 0 heterocycles. The first kappa shape index (κ1) is 20.4. The molecule has 1 aliphatic carbocycles. The number of hydrogen-bond donors (Lipinski definition) is 2. The van der Waals surface area contributed by atoms with Gasteiger partial charge in [0.05, 0.1) is 12.7 Å². The summed E-state index contributed by atoms with van der Waals surface area (Å²) < 4.78 is 4.68. The number of carbonyl (C=O) groups excluding carboxylic acids is 2. The Bertz CT molecular complexity index is 625. The van der Waals surface area contributed by atoms with Gasteiger partial charge in [0.1, 0.15) is 5.60 Å². The summed E-state index contributed by atoms with van der Waals surface area (Å²) in [4.78, 5) is 24.2. The zero-order valence-electron chi connectivity index (χ0n) is 16.2. The molecule has 0 aliphatic heterocycles. The zero-order chi connectivity index (χ0) is 19.3. The largest absolute Gasteiger partial charge is 0.465 e. The highest BCUT2D eigenvalue weighted by atomic mass is 16.5. The number of rotatable bonds is 6. The predicted molar refractivity (Wildman–Crippen MR) is 101 cm³/mol. The number of methoxy groups -OCH3 is 1. The Morgan fingerprint density at radius 3 is 2.50 bits per heavy atom. The van der Waals surface area contributed by atoms with Gasteiger partial charge < -0.3 is 15.2 Å². The van der Waals surface area contributed by atoms with Gasteiger partial charge in [0, 0.05) is 6.54 Å². The fourth-order valence-corrected chi connectivity index (χ4v) is 4.03. The topological polar surface area (TPSA) is 75.6 Å². The number of esters is 1.